The van der Waals surface area contributed by atoms with Crippen molar-refractivity contribution < 1.29 is 13.2 Å². The number of hydrogen-bond donors (Lipinski definition) is 2. The summed E-state index contributed by atoms with van der Waals surface area (Å²) in [5.74, 6) is 0.205. The molecule has 0 aliphatic heterocycles. The molecule has 0 atom stereocenters. The minimum absolute atomic E-state index is 0.0355. The van der Waals surface area contributed by atoms with Gasteiger partial charge in [-0.25, -0.2) is 13.4 Å². The molecule has 6 nitrogen and oxygen atoms in total. The van der Waals surface area contributed by atoms with Crippen LogP contribution in [0.1, 0.15) is 5.56 Å². The lowest BCUT2D eigenvalue weighted by molar-refractivity contribution is 0.359. The molecule has 102 valence electrons. The average molecular weight is 294 g/mol. The zero-order valence-electron chi connectivity index (χ0n) is 10.4. The van der Waals surface area contributed by atoms with Crippen LogP contribution in [0.3, 0.4) is 0 Å². The van der Waals surface area contributed by atoms with E-state index in [4.69, 9.17) is 22.1 Å². The molecule has 18 heavy (non-hydrogen) atoms. The highest BCUT2D eigenvalue weighted by molar-refractivity contribution is 7.89. The third-order valence-electron chi connectivity index (χ3n) is 2.11. The molecule has 8 heteroatoms. The summed E-state index contributed by atoms with van der Waals surface area (Å²) in [4.78, 5) is 2.28. The Hall–Kier alpha value is -0.860. The van der Waals surface area contributed by atoms with Gasteiger partial charge < -0.3 is 10.5 Å². The van der Waals surface area contributed by atoms with Crippen molar-refractivity contribution in [3.8, 4) is 5.75 Å². The molecule has 0 saturated carbocycles. The van der Waals surface area contributed by atoms with Crippen LogP contribution in [0.5, 0.6) is 5.75 Å². The van der Waals surface area contributed by atoms with Gasteiger partial charge in [-0.05, 0) is 12.1 Å². The average Bonchev–Trinajstić information content (AvgIpc) is 2.26. The lowest BCUT2D eigenvalue weighted by Gasteiger charge is -2.17. The van der Waals surface area contributed by atoms with Crippen LogP contribution in [0.2, 0.25) is 5.02 Å². The number of sulfonamides is 1. The van der Waals surface area contributed by atoms with Gasteiger partial charge in [0.2, 0.25) is 0 Å². The van der Waals surface area contributed by atoms with Gasteiger partial charge in [0.15, 0.2) is 0 Å². The Labute approximate surface area is 112 Å². The number of benzene rings is 1. The molecule has 0 aliphatic carbocycles. The fourth-order valence-corrected chi connectivity index (χ4v) is 3.12. The first kappa shape index (κ1) is 15.2. The van der Waals surface area contributed by atoms with Crippen LogP contribution in [0, 0.1) is 0 Å². The lowest BCUT2D eigenvalue weighted by Crippen LogP contribution is -2.36. The van der Waals surface area contributed by atoms with Gasteiger partial charge in [-0.3, -0.25) is 0 Å². The summed E-state index contributed by atoms with van der Waals surface area (Å²) >= 11 is 5.88. The normalized spacial score (nSPS) is 11.9. The molecule has 3 N–H and O–H groups in total. The fourth-order valence-electron chi connectivity index (χ4n) is 1.50. The SMILES string of the molecule is COc1c(CN)cc(Cl)cc1S(=O)(=O)NN(C)C. The highest BCUT2D eigenvalue weighted by Crippen LogP contribution is 2.31. The van der Waals surface area contributed by atoms with E-state index in [-0.39, 0.29) is 22.2 Å². The van der Waals surface area contributed by atoms with Crippen molar-refractivity contribution in [3.05, 3.63) is 22.7 Å². The summed E-state index contributed by atoms with van der Waals surface area (Å²) in [6.45, 7) is 0.133. The maximum absolute atomic E-state index is 12.1. The molecular formula is C10H16ClN3O3S. The van der Waals surface area contributed by atoms with E-state index < -0.39 is 10.0 Å². The van der Waals surface area contributed by atoms with Crippen molar-refractivity contribution in [2.24, 2.45) is 5.73 Å². The van der Waals surface area contributed by atoms with Gasteiger partial charge in [0.1, 0.15) is 10.6 Å². The van der Waals surface area contributed by atoms with Crippen molar-refractivity contribution in [3.63, 3.8) is 0 Å². The van der Waals surface area contributed by atoms with E-state index in [1.807, 2.05) is 0 Å². The molecular weight excluding hydrogens is 278 g/mol. The maximum atomic E-state index is 12.1. The summed E-state index contributed by atoms with van der Waals surface area (Å²) in [5.41, 5.74) is 6.08. The van der Waals surface area contributed by atoms with E-state index in [0.29, 0.717) is 5.56 Å². The summed E-state index contributed by atoms with van der Waals surface area (Å²) in [6.07, 6.45) is 0. The van der Waals surface area contributed by atoms with Crippen LogP contribution < -0.4 is 15.3 Å². The van der Waals surface area contributed by atoms with E-state index in [1.165, 1.54) is 18.2 Å². The van der Waals surface area contributed by atoms with E-state index in [2.05, 4.69) is 4.83 Å². The molecule has 0 unspecified atom stereocenters. The highest BCUT2D eigenvalue weighted by Gasteiger charge is 2.23. The Morgan fingerprint density at radius 3 is 2.50 bits per heavy atom. The molecule has 0 bridgehead atoms. The predicted molar refractivity (Wildman–Crippen MR) is 69.9 cm³/mol. The molecule has 0 radical (unpaired) electrons. The monoisotopic (exact) mass is 293 g/mol. The Balaban J connectivity index is 3.44. The lowest BCUT2D eigenvalue weighted by atomic mass is 10.2. The second-order valence-corrected chi connectivity index (χ2v) is 5.86. The van der Waals surface area contributed by atoms with E-state index in [9.17, 15) is 8.42 Å². The van der Waals surface area contributed by atoms with E-state index in [0.717, 1.165) is 0 Å². The first-order valence-corrected chi connectivity index (χ1v) is 6.94. The largest absolute Gasteiger partial charge is 0.495 e. The van der Waals surface area contributed by atoms with Crippen molar-refractivity contribution in [1.29, 1.82) is 0 Å². The minimum Gasteiger partial charge on any atom is -0.495 e. The standard InChI is InChI=1S/C10H16ClN3O3S/c1-14(2)13-18(15,16)9-5-8(11)4-7(6-12)10(9)17-3/h4-5,13H,6,12H2,1-3H3. The molecule has 1 rings (SSSR count). The molecule has 0 fully saturated rings. The van der Waals surface area contributed by atoms with Gasteiger partial charge in [-0.2, -0.15) is 0 Å². The van der Waals surface area contributed by atoms with Gasteiger partial charge in [0.05, 0.1) is 7.11 Å². The Morgan fingerprint density at radius 2 is 2.06 bits per heavy atom. The molecule has 0 heterocycles. The Kier molecular flexibility index (Phi) is 4.94. The van der Waals surface area contributed by atoms with E-state index >= 15 is 0 Å². The van der Waals surface area contributed by atoms with Crippen LogP contribution in [0.15, 0.2) is 17.0 Å². The quantitative estimate of drug-likeness (QED) is 0.775. The van der Waals surface area contributed by atoms with Gasteiger partial charge in [0, 0.05) is 31.2 Å². The molecule has 0 spiro atoms. The third kappa shape index (κ3) is 3.33. The van der Waals surface area contributed by atoms with Crippen molar-refractivity contribution in [2.45, 2.75) is 11.4 Å². The Bertz CT molecular complexity index is 531. The summed E-state index contributed by atoms with van der Waals surface area (Å²) < 4.78 is 29.3. The zero-order chi connectivity index (χ0) is 13.9. The summed E-state index contributed by atoms with van der Waals surface area (Å²) in [5, 5.41) is 1.60. The predicted octanol–water partition coefficient (Wildman–Crippen LogP) is 0.562. The number of ether oxygens (including phenoxy) is 1. The maximum Gasteiger partial charge on any atom is 0.257 e. The van der Waals surface area contributed by atoms with Gasteiger partial charge >= 0.3 is 0 Å². The number of nitrogens with two attached hydrogens (primary N) is 1. The molecule has 0 aliphatic rings. The topological polar surface area (TPSA) is 84.7 Å². The van der Waals surface area contributed by atoms with Crippen LogP contribution in [-0.4, -0.2) is 34.6 Å². The molecule has 0 aromatic heterocycles. The van der Waals surface area contributed by atoms with Crippen LogP contribution in [0.4, 0.5) is 0 Å². The number of methoxy groups -OCH3 is 1. The first-order chi connectivity index (χ1) is 8.31. The third-order valence-corrected chi connectivity index (χ3v) is 3.82. The molecule has 1 aromatic carbocycles. The highest BCUT2D eigenvalue weighted by atomic mass is 35.5. The van der Waals surface area contributed by atoms with Crippen LogP contribution in [-0.2, 0) is 16.6 Å². The second kappa shape index (κ2) is 5.85. The number of nitrogens with one attached hydrogen (secondary N) is 1. The summed E-state index contributed by atoms with van der Waals surface area (Å²) in [6, 6.07) is 2.90. The van der Waals surface area contributed by atoms with Gasteiger partial charge in [-0.15, -0.1) is 4.83 Å². The molecule has 1 aromatic rings. The summed E-state index contributed by atoms with van der Waals surface area (Å²) in [7, 11) is 0.775. The van der Waals surface area contributed by atoms with Crippen molar-refractivity contribution >= 4 is 21.6 Å². The van der Waals surface area contributed by atoms with Crippen LogP contribution >= 0.6 is 11.6 Å². The van der Waals surface area contributed by atoms with E-state index in [1.54, 1.807) is 20.2 Å². The van der Waals surface area contributed by atoms with Crippen LogP contribution in [0.25, 0.3) is 0 Å². The second-order valence-electron chi connectivity index (χ2n) is 3.79. The number of rotatable bonds is 5. The first-order valence-electron chi connectivity index (χ1n) is 5.08. The smallest absolute Gasteiger partial charge is 0.257 e. The zero-order valence-corrected chi connectivity index (χ0v) is 12.0. The number of hydrogen-bond acceptors (Lipinski definition) is 5. The van der Waals surface area contributed by atoms with Gasteiger partial charge in [0.25, 0.3) is 10.0 Å². The number of halogens is 1. The molecule has 0 amide bonds. The molecule has 0 saturated heterocycles. The number of nitrogens with zero attached hydrogens (tertiary/aromatic N) is 1. The minimum atomic E-state index is -3.75. The van der Waals surface area contributed by atoms with Crippen molar-refractivity contribution in [1.82, 2.24) is 9.84 Å². The fraction of sp³-hybridized carbons (Fsp3) is 0.400. The van der Waals surface area contributed by atoms with Gasteiger partial charge in [-0.1, -0.05) is 11.6 Å². The van der Waals surface area contributed by atoms with Crippen molar-refractivity contribution in [2.75, 3.05) is 21.2 Å². The number of hydrazine groups is 1. The Morgan fingerprint density at radius 1 is 1.44 bits per heavy atom.